The highest BCUT2D eigenvalue weighted by Crippen LogP contribution is 2.42. The highest BCUT2D eigenvalue weighted by Gasteiger charge is 2.39. The van der Waals surface area contributed by atoms with Crippen LogP contribution in [0.1, 0.15) is 145 Å². The number of ether oxygens (including phenoxy) is 2. The molecule has 6 N–H and O–H groups in total. The van der Waals surface area contributed by atoms with Crippen molar-refractivity contribution in [2.45, 2.75) is 103 Å². The summed E-state index contributed by atoms with van der Waals surface area (Å²) in [6.07, 6.45) is -1.56. The van der Waals surface area contributed by atoms with Gasteiger partial charge in [-0.3, -0.25) is 38.5 Å². The second-order valence-electron chi connectivity index (χ2n) is 21.4. The molecule has 0 radical (unpaired) electrons. The zero-order chi connectivity index (χ0) is 63.2. The normalized spacial score (nSPS) is 18.4. The fourth-order valence-corrected chi connectivity index (χ4v) is 15.6. The molecule has 1 unspecified atom stereocenters. The minimum atomic E-state index is -1.06. The van der Waals surface area contributed by atoms with Gasteiger partial charge in [0, 0.05) is 77.3 Å². The number of Topliss-reactive ketones (excluding diaryl/α,β-unsaturated/α-hetero) is 1. The molecule has 8 aromatic rings. The second kappa shape index (κ2) is 28.1. The van der Waals surface area contributed by atoms with Gasteiger partial charge in [-0.25, -0.2) is 39.7 Å². The smallest absolute Gasteiger partial charge is 0.415 e. The lowest BCUT2D eigenvalue weighted by atomic mass is 9.82. The van der Waals surface area contributed by atoms with Crippen LogP contribution in [0.5, 0.6) is 0 Å². The van der Waals surface area contributed by atoms with Gasteiger partial charge in [-0.05, 0) is 49.8 Å². The third-order valence-corrected chi connectivity index (χ3v) is 20.7. The maximum atomic E-state index is 14.4. The minimum Gasteiger partial charge on any atom is -0.481 e. The number of carboxylic acids is 2. The number of aryl methyl sites for hydroxylation is 1. The monoisotopic (exact) mass is 1320 g/mol. The first-order chi connectivity index (χ1) is 42.7. The SMILES string of the molecule is CNC(=O)C[C@@H]1NC(=O)c2csc(n2)-c2ccc(-c3nc(N(CCCC(=O)O)C(=O)OC4CC(C(=O)O)C4)cs3)nc2-c2csc(n2)-c2csc(n2)[C@H]([C@@H](C)c2ccccc2)NC(=O)CNC(=O)c2nc(sc2COC)C(C(C)C)CC(=O)c2nc1sc2C. The van der Waals surface area contributed by atoms with Gasteiger partial charge in [0.05, 0.1) is 53.2 Å². The molecule has 1 aromatic carbocycles. The van der Waals surface area contributed by atoms with Crippen LogP contribution in [-0.2, 0) is 35.3 Å². The number of nitrogens with one attached hydrogen (secondary N) is 4. The topological polar surface area (TPSA) is 337 Å². The number of carboxylic acid groups (broad SMARTS) is 2. The van der Waals surface area contributed by atoms with Gasteiger partial charge in [0.15, 0.2) is 5.78 Å². The fraction of sp³-hybridized carbons (Fsp3) is 0.373. The molecule has 1 aliphatic carbocycles. The van der Waals surface area contributed by atoms with E-state index in [1.54, 1.807) is 35.2 Å². The Bertz CT molecular complexity index is 3960. The average Bonchev–Trinajstić information content (AvgIpc) is 2.74. The molecule has 8 heterocycles. The molecule has 0 saturated heterocycles. The van der Waals surface area contributed by atoms with Crippen LogP contribution in [-0.4, -0.2) is 126 Å². The summed E-state index contributed by atoms with van der Waals surface area (Å²) in [7, 11) is 2.97. The number of hydrogen-bond donors (Lipinski definition) is 6. The Morgan fingerprint density at radius 2 is 1.45 bits per heavy atom. The van der Waals surface area contributed by atoms with Crippen molar-refractivity contribution < 1.29 is 58.0 Å². The first-order valence-electron chi connectivity index (χ1n) is 28.2. The number of methoxy groups -OCH3 is 1. The van der Waals surface area contributed by atoms with E-state index >= 15 is 0 Å². The summed E-state index contributed by atoms with van der Waals surface area (Å²) in [5.41, 5.74) is 3.23. The van der Waals surface area contributed by atoms with E-state index in [9.17, 15) is 48.6 Å². The van der Waals surface area contributed by atoms with Gasteiger partial charge in [-0.1, -0.05) is 51.1 Å². The molecule has 0 spiro atoms. The van der Waals surface area contributed by atoms with Crippen LogP contribution in [0.25, 0.3) is 43.4 Å². The first kappa shape index (κ1) is 63.9. The molecule has 89 heavy (non-hydrogen) atoms. The second-order valence-corrected chi connectivity index (χ2v) is 27.2. The van der Waals surface area contributed by atoms with E-state index in [-0.39, 0.29) is 92.2 Å². The average molecular weight is 1320 g/mol. The van der Waals surface area contributed by atoms with Crippen LogP contribution in [0.2, 0.25) is 0 Å². The standard InChI is InChI=1S/C59H60N12O12S6/c1-27(2)34-19-40(72)47-29(4)88-56(69-47)36(20-43(73)60-5)63-50(77)38-24-84-52(65-38)33-14-15-35(54-67-42(26-87-54)71(16-10-13-45(75)76)59(81)83-32-17-31(18-32)58(79)80)62-48(33)37-23-85-55(64-37)39-25-86-57(66-39)46(28(3)30-11-8-7-9-12-30)68-44(74)21-61-51(78)49-41(22-82-6)89-53(34)70-49/h7-9,11-12,14-15,23-28,31-32,34,36,46H,10,13,16-22H2,1-6H3,(H,60,73)(H,61,78)(H,63,77)(H,68,74)(H,75,76)(H,79,80)/t28-,31?,32?,34?,36-,46-/m0/s1. The Morgan fingerprint density at radius 3 is 2.18 bits per heavy atom. The lowest BCUT2D eigenvalue weighted by Gasteiger charge is -2.33. The van der Waals surface area contributed by atoms with Gasteiger partial charge in [0.2, 0.25) is 11.8 Å². The van der Waals surface area contributed by atoms with Crippen molar-refractivity contribution in [3.8, 4) is 43.4 Å². The molecule has 4 atom stereocenters. The van der Waals surface area contributed by atoms with Crippen LogP contribution >= 0.6 is 68.0 Å². The van der Waals surface area contributed by atoms with Crippen LogP contribution in [0.4, 0.5) is 10.6 Å². The Morgan fingerprint density at radius 1 is 0.742 bits per heavy atom. The van der Waals surface area contributed by atoms with Crippen LogP contribution in [0.15, 0.2) is 64.0 Å². The number of rotatable bonds is 15. The molecule has 7 aromatic heterocycles. The molecule has 2 aliphatic rings. The molecule has 464 valence electrons. The molecule has 10 bridgehead atoms. The molecule has 5 amide bonds. The molecular weight excluding hydrogens is 1260 g/mol. The number of pyridine rings is 1. The number of fused-ring (bicyclic) bond motifs is 14. The van der Waals surface area contributed by atoms with E-state index in [0.29, 0.717) is 68.1 Å². The highest BCUT2D eigenvalue weighted by atomic mass is 32.1. The first-order valence-corrected chi connectivity index (χ1v) is 33.3. The van der Waals surface area contributed by atoms with E-state index in [0.717, 1.165) is 28.2 Å². The van der Waals surface area contributed by atoms with Crippen molar-refractivity contribution in [2.75, 3.05) is 32.1 Å². The summed E-state index contributed by atoms with van der Waals surface area (Å²) in [6.45, 7) is 7.20. The zero-order valence-electron chi connectivity index (χ0n) is 48.8. The van der Waals surface area contributed by atoms with Crippen LogP contribution in [0, 0.1) is 18.8 Å². The summed E-state index contributed by atoms with van der Waals surface area (Å²) in [5.74, 6) is -5.84. The van der Waals surface area contributed by atoms with E-state index in [4.69, 9.17) is 44.4 Å². The van der Waals surface area contributed by atoms with Gasteiger partial charge in [0.1, 0.15) is 71.1 Å². The van der Waals surface area contributed by atoms with Crippen LogP contribution in [0.3, 0.4) is 0 Å². The number of carbonyl (C=O) groups is 8. The van der Waals surface area contributed by atoms with Crippen molar-refractivity contribution >= 4 is 121 Å². The number of aliphatic carboxylic acids is 2. The number of ketones is 1. The minimum absolute atomic E-state index is 0.0137. The maximum absolute atomic E-state index is 14.4. The van der Waals surface area contributed by atoms with Crippen molar-refractivity contribution in [3.05, 3.63) is 111 Å². The Hall–Kier alpha value is -8.13. The number of thiazole rings is 6. The third kappa shape index (κ3) is 14.8. The predicted molar refractivity (Wildman–Crippen MR) is 337 cm³/mol. The van der Waals surface area contributed by atoms with Crippen molar-refractivity contribution in [2.24, 2.45) is 11.8 Å². The molecule has 1 saturated carbocycles. The van der Waals surface area contributed by atoms with Gasteiger partial charge in [-0.15, -0.1) is 68.0 Å². The molecule has 30 heteroatoms. The van der Waals surface area contributed by atoms with Crippen LogP contribution < -0.4 is 26.2 Å². The number of hydrogen-bond acceptors (Lipinski definition) is 23. The van der Waals surface area contributed by atoms with Gasteiger partial charge in [-0.2, -0.15) is 0 Å². The molecule has 10 rings (SSSR count). The summed E-state index contributed by atoms with van der Waals surface area (Å²) in [4.78, 5) is 143. The molecular formula is C59H60N12O12S6. The van der Waals surface area contributed by atoms with Crippen molar-refractivity contribution in [1.82, 2.24) is 56.2 Å². The molecule has 1 fully saturated rings. The number of benzene rings is 1. The lowest BCUT2D eigenvalue weighted by Crippen LogP contribution is -2.42. The number of amides is 5. The van der Waals surface area contributed by atoms with E-state index in [2.05, 4.69) is 21.3 Å². The van der Waals surface area contributed by atoms with E-state index in [1.807, 2.05) is 56.5 Å². The number of aromatic nitrogens is 7. The maximum Gasteiger partial charge on any atom is 0.415 e. The summed E-state index contributed by atoms with van der Waals surface area (Å²) in [5, 5.41) is 39.7. The van der Waals surface area contributed by atoms with Gasteiger partial charge < -0.3 is 41.0 Å². The third-order valence-electron chi connectivity index (χ3n) is 14.9. The lowest BCUT2D eigenvalue weighted by molar-refractivity contribution is -0.148. The Kier molecular flexibility index (Phi) is 20.2. The van der Waals surface area contributed by atoms with E-state index in [1.165, 1.54) is 64.4 Å². The van der Waals surface area contributed by atoms with Crippen molar-refractivity contribution in [1.29, 1.82) is 0 Å². The van der Waals surface area contributed by atoms with E-state index < -0.39 is 78.2 Å². The van der Waals surface area contributed by atoms with Crippen molar-refractivity contribution in [3.63, 3.8) is 0 Å². The highest BCUT2D eigenvalue weighted by molar-refractivity contribution is 7.15. The number of nitrogens with zero attached hydrogens (tertiary/aromatic N) is 8. The van der Waals surface area contributed by atoms with Gasteiger partial charge in [0.25, 0.3) is 11.8 Å². The molecule has 24 nitrogen and oxygen atoms in total. The summed E-state index contributed by atoms with van der Waals surface area (Å²) >= 11 is 7.36. The summed E-state index contributed by atoms with van der Waals surface area (Å²) < 4.78 is 11.2. The number of carbonyl (C=O) groups excluding carboxylic acids is 6. The fourth-order valence-electron chi connectivity index (χ4n) is 9.94. The van der Waals surface area contributed by atoms with Gasteiger partial charge >= 0.3 is 18.0 Å². The summed E-state index contributed by atoms with van der Waals surface area (Å²) in [6, 6.07) is 11.4. The molecule has 1 aliphatic heterocycles. The quantitative estimate of drug-likeness (QED) is 0.0556. The number of anilines is 1. The Balaban J connectivity index is 1.04. The predicted octanol–water partition coefficient (Wildman–Crippen LogP) is 9.94. The zero-order valence-corrected chi connectivity index (χ0v) is 53.7. The largest absolute Gasteiger partial charge is 0.481 e. The Labute approximate surface area is 533 Å².